The Bertz CT molecular complexity index is 859. The van der Waals surface area contributed by atoms with Crippen molar-refractivity contribution in [2.45, 2.75) is 57.2 Å². The van der Waals surface area contributed by atoms with E-state index >= 15 is 0 Å². The minimum absolute atomic E-state index is 0.127. The summed E-state index contributed by atoms with van der Waals surface area (Å²) in [5.41, 5.74) is 0.134. The van der Waals surface area contributed by atoms with Gasteiger partial charge >= 0.3 is 5.97 Å². The normalized spacial score (nSPS) is 11.6. The molecule has 0 amide bonds. The summed E-state index contributed by atoms with van der Waals surface area (Å²) in [5.74, 6) is 0.00615. The van der Waals surface area contributed by atoms with E-state index < -0.39 is 17.1 Å². The molecule has 2 rings (SSSR count). The summed E-state index contributed by atoms with van der Waals surface area (Å²) in [6, 6.07) is 1.77. The van der Waals surface area contributed by atoms with Gasteiger partial charge in [-0.25, -0.2) is 4.68 Å². The first-order valence-corrected chi connectivity index (χ1v) is 10.4. The first kappa shape index (κ1) is 21.2. The lowest BCUT2D eigenvalue weighted by molar-refractivity contribution is -0.156. The van der Waals surface area contributed by atoms with Crippen molar-refractivity contribution >= 4 is 52.3 Å². The molecule has 0 saturated carbocycles. The molecule has 0 atom stereocenters. The SMILES string of the molecule is CCc1nn(CC(=O)OC(C)(C)C)c(SCc2cc(Cl)sc2Cl)nc1=O. The average Bonchev–Trinajstić information content (AvgIpc) is 2.83. The number of aryl methyl sites for hydroxylation is 1. The molecule has 2 aromatic heterocycles. The summed E-state index contributed by atoms with van der Waals surface area (Å²) in [7, 11) is 0. The van der Waals surface area contributed by atoms with E-state index in [4.69, 9.17) is 27.9 Å². The first-order valence-electron chi connectivity index (χ1n) is 7.85. The lowest BCUT2D eigenvalue weighted by atomic mass is 10.2. The zero-order valence-electron chi connectivity index (χ0n) is 14.8. The molecule has 0 saturated heterocycles. The highest BCUT2D eigenvalue weighted by molar-refractivity contribution is 7.98. The second-order valence-electron chi connectivity index (χ2n) is 6.38. The number of aromatic nitrogens is 3. The number of carbonyl (C=O) groups is 1. The molecule has 0 fully saturated rings. The predicted octanol–water partition coefficient (Wildman–Crippen LogP) is 4.20. The van der Waals surface area contributed by atoms with Gasteiger partial charge < -0.3 is 4.74 Å². The van der Waals surface area contributed by atoms with Crippen LogP contribution in [0.3, 0.4) is 0 Å². The van der Waals surface area contributed by atoms with Crippen LogP contribution in [0.25, 0.3) is 0 Å². The van der Waals surface area contributed by atoms with E-state index in [9.17, 15) is 9.59 Å². The van der Waals surface area contributed by atoms with E-state index in [2.05, 4.69) is 10.1 Å². The van der Waals surface area contributed by atoms with Crippen LogP contribution in [0.1, 0.15) is 39.0 Å². The molecule has 26 heavy (non-hydrogen) atoms. The maximum Gasteiger partial charge on any atom is 0.328 e. The van der Waals surface area contributed by atoms with Crippen molar-refractivity contribution in [1.82, 2.24) is 14.8 Å². The fraction of sp³-hybridized carbons (Fsp3) is 0.500. The Hall–Kier alpha value is -1.09. The third kappa shape index (κ3) is 5.97. The first-order chi connectivity index (χ1) is 12.1. The second-order valence-corrected chi connectivity index (χ2v) is 9.61. The molecule has 10 heteroatoms. The van der Waals surface area contributed by atoms with Gasteiger partial charge in [-0.05, 0) is 38.8 Å². The number of thioether (sulfide) groups is 1. The molecule has 0 N–H and O–H groups in total. The molecular weight excluding hydrogens is 417 g/mol. The van der Waals surface area contributed by atoms with Crippen molar-refractivity contribution in [2.75, 3.05) is 0 Å². The molecule has 0 aliphatic heterocycles. The van der Waals surface area contributed by atoms with E-state index in [1.54, 1.807) is 26.8 Å². The number of esters is 1. The molecule has 2 aromatic rings. The number of ether oxygens (including phenoxy) is 1. The standard InChI is InChI=1S/C16H19Cl2N3O3S2/c1-5-10-14(23)19-15(25-8-9-6-11(17)26-13(9)18)21(20-10)7-12(22)24-16(2,3)4/h6H,5,7-8H2,1-4H3. The highest BCUT2D eigenvalue weighted by Crippen LogP contribution is 2.34. The number of hydrogen-bond donors (Lipinski definition) is 0. The van der Waals surface area contributed by atoms with Crippen LogP contribution < -0.4 is 5.56 Å². The quantitative estimate of drug-likeness (QED) is 0.499. The van der Waals surface area contributed by atoms with Crippen LogP contribution in [-0.4, -0.2) is 26.3 Å². The predicted molar refractivity (Wildman–Crippen MR) is 105 cm³/mol. The van der Waals surface area contributed by atoms with Crippen molar-refractivity contribution in [3.05, 3.63) is 36.4 Å². The monoisotopic (exact) mass is 435 g/mol. The van der Waals surface area contributed by atoms with E-state index in [0.29, 0.717) is 31.7 Å². The summed E-state index contributed by atoms with van der Waals surface area (Å²) in [5, 5.41) is 4.59. The van der Waals surface area contributed by atoms with Crippen molar-refractivity contribution in [1.29, 1.82) is 0 Å². The molecular formula is C16H19Cl2N3O3S2. The number of nitrogens with zero attached hydrogens (tertiary/aromatic N) is 3. The minimum Gasteiger partial charge on any atom is -0.459 e. The van der Waals surface area contributed by atoms with Crippen molar-refractivity contribution < 1.29 is 9.53 Å². The molecule has 0 unspecified atom stereocenters. The Morgan fingerprint density at radius 1 is 1.38 bits per heavy atom. The van der Waals surface area contributed by atoms with Gasteiger partial charge in [0, 0.05) is 5.75 Å². The molecule has 0 aliphatic carbocycles. The second kappa shape index (κ2) is 8.73. The summed E-state index contributed by atoms with van der Waals surface area (Å²) in [6.45, 7) is 7.05. The van der Waals surface area contributed by atoms with Crippen LogP contribution in [0.4, 0.5) is 0 Å². The Morgan fingerprint density at radius 3 is 2.62 bits per heavy atom. The van der Waals surface area contributed by atoms with E-state index in [1.165, 1.54) is 27.8 Å². The third-order valence-electron chi connectivity index (χ3n) is 3.02. The highest BCUT2D eigenvalue weighted by atomic mass is 35.5. The summed E-state index contributed by atoms with van der Waals surface area (Å²) >= 11 is 14.6. The fourth-order valence-electron chi connectivity index (χ4n) is 1.98. The maximum absolute atomic E-state index is 12.2. The van der Waals surface area contributed by atoms with Crippen molar-refractivity contribution in [3.63, 3.8) is 0 Å². The molecule has 6 nitrogen and oxygen atoms in total. The van der Waals surface area contributed by atoms with Gasteiger partial charge in [-0.1, -0.05) is 41.9 Å². The summed E-state index contributed by atoms with van der Waals surface area (Å²) in [4.78, 5) is 28.3. The largest absolute Gasteiger partial charge is 0.459 e. The fourth-order valence-corrected chi connectivity index (χ4v) is 4.55. The average molecular weight is 436 g/mol. The number of carbonyl (C=O) groups excluding carboxylic acids is 1. The summed E-state index contributed by atoms with van der Waals surface area (Å²) < 4.78 is 7.91. The van der Waals surface area contributed by atoms with Crippen LogP contribution in [0, 0.1) is 0 Å². The van der Waals surface area contributed by atoms with Crippen molar-refractivity contribution in [2.24, 2.45) is 0 Å². The van der Waals surface area contributed by atoms with Gasteiger partial charge in [0.25, 0.3) is 5.56 Å². The van der Waals surface area contributed by atoms with Gasteiger partial charge in [0.05, 0.1) is 8.67 Å². The van der Waals surface area contributed by atoms with Gasteiger partial charge in [-0.2, -0.15) is 10.1 Å². The Morgan fingerprint density at radius 2 is 2.08 bits per heavy atom. The smallest absolute Gasteiger partial charge is 0.328 e. The Balaban J connectivity index is 2.25. The zero-order chi connectivity index (χ0) is 19.5. The topological polar surface area (TPSA) is 74.1 Å². The number of rotatable bonds is 6. The number of halogens is 2. The third-order valence-corrected chi connectivity index (χ3v) is 5.61. The molecule has 0 bridgehead atoms. The van der Waals surface area contributed by atoms with Gasteiger partial charge in [0.15, 0.2) is 5.16 Å². The lowest BCUT2D eigenvalue weighted by Gasteiger charge is -2.20. The van der Waals surface area contributed by atoms with Crippen LogP contribution in [0.5, 0.6) is 0 Å². The van der Waals surface area contributed by atoms with E-state index in [1.807, 2.05) is 6.92 Å². The van der Waals surface area contributed by atoms with Gasteiger partial charge in [0.1, 0.15) is 17.8 Å². The molecule has 0 radical (unpaired) electrons. The molecule has 142 valence electrons. The summed E-state index contributed by atoms with van der Waals surface area (Å²) in [6.07, 6.45) is 0.428. The number of thiophene rings is 1. The molecule has 0 aliphatic rings. The Labute approximate surface area is 169 Å². The van der Waals surface area contributed by atoms with Crippen molar-refractivity contribution in [3.8, 4) is 0 Å². The van der Waals surface area contributed by atoms with Gasteiger partial charge in [-0.3, -0.25) is 9.59 Å². The van der Waals surface area contributed by atoms with Crippen LogP contribution in [0.2, 0.25) is 8.67 Å². The van der Waals surface area contributed by atoms with Gasteiger partial charge in [-0.15, -0.1) is 11.3 Å². The van der Waals surface area contributed by atoms with Gasteiger partial charge in [0.2, 0.25) is 0 Å². The van der Waals surface area contributed by atoms with E-state index in [0.717, 1.165) is 5.56 Å². The minimum atomic E-state index is -0.606. The highest BCUT2D eigenvalue weighted by Gasteiger charge is 2.19. The maximum atomic E-state index is 12.2. The van der Waals surface area contributed by atoms with Crippen LogP contribution in [-0.2, 0) is 28.2 Å². The zero-order valence-corrected chi connectivity index (χ0v) is 18.0. The van der Waals surface area contributed by atoms with E-state index in [-0.39, 0.29) is 6.54 Å². The number of hydrogen-bond acceptors (Lipinski definition) is 7. The molecule has 0 aromatic carbocycles. The molecule has 0 spiro atoms. The lowest BCUT2D eigenvalue weighted by Crippen LogP contribution is -2.30. The van der Waals surface area contributed by atoms with Crippen LogP contribution >= 0.6 is 46.3 Å². The van der Waals surface area contributed by atoms with Crippen LogP contribution in [0.15, 0.2) is 16.0 Å². The Kier molecular flexibility index (Phi) is 7.12. The molecule has 2 heterocycles.